The Morgan fingerprint density at radius 2 is 1.62 bits per heavy atom. The highest BCUT2D eigenvalue weighted by molar-refractivity contribution is 6.30. The van der Waals surface area contributed by atoms with Crippen molar-refractivity contribution in [1.29, 1.82) is 0 Å². The summed E-state index contributed by atoms with van der Waals surface area (Å²) >= 11 is 6.02. The van der Waals surface area contributed by atoms with Crippen molar-refractivity contribution in [3.8, 4) is 22.5 Å². The zero-order valence-electron chi connectivity index (χ0n) is 14.0. The maximum Gasteiger partial charge on any atom is 0.162 e. The Kier molecular flexibility index (Phi) is 4.41. The van der Waals surface area contributed by atoms with E-state index in [0.717, 1.165) is 28.2 Å². The van der Waals surface area contributed by atoms with Gasteiger partial charge in [-0.1, -0.05) is 53.6 Å². The SMILES string of the molecule is Cc1ccc(-c2nc(Cn3ncnn3)cnc2-c2ccc(Cl)cc2)cc1. The Morgan fingerprint density at radius 1 is 0.923 bits per heavy atom. The normalized spacial score (nSPS) is 10.8. The van der Waals surface area contributed by atoms with Gasteiger partial charge in [0, 0.05) is 16.1 Å². The Hall–Kier alpha value is -3.12. The van der Waals surface area contributed by atoms with Gasteiger partial charge in [0.15, 0.2) is 6.33 Å². The summed E-state index contributed by atoms with van der Waals surface area (Å²) in [5.74, 6) is 0. The molecule has 0 unspecified atom stereocenters. The molecule has 128 valence electrons. The Balaban J connectivity index is 1.82. The van der Waals surface area contributed by atoms with E-state index in [1.54, 1.807) is 6.20 Å². The number of hydrogen-bond donors (Lipinski definition) is 0. The largest absolute Gasteiger partial charge is 0.252 e. The second-order valence-corrected chi connectivity index (χ2v) is 6.33. The summed E-state index contributed by atoms with van der Waals surface area (Å²) < 4.78 is 0. The van der Waals surface area contributed by atoms with E-state index in [2.05, 4.69) is 51.6 Å². The van der Waals surface area contributed by atoms with Crippen molar-refractivity contribution >= 4 is 11.6 Å². The highest BCUT2D eigenvalue weighted by Gasteiger charge is 2.13. The summed E-state index contributed by atoms with van der Waals surface area (Å²) in [7, 11) is 0. The lowest BCUT2D eigenvalue weighted by Gasteiger charge is -2.11. The third kappa shape index (κ3) is 3.45. The van der Waals surface area contributed by atoms with Crippen LogP contribution in [0.3, 0.4) is 0 Å². The molecule has 2 heterocycles. The molecule has 4 rings (SSSR count). The lowest BCUT2D eigenvalue weighted by Crippen LogP contribution is -2.07. The van der Waals surface area contributed by atoms with E-state index in [1.807, 2.05) is 24.3 Å². The number of halogens is 1. The Labute approximate surface area is 155 Å². The number of nitrogens with zero attached hydrogens (tertiary/aromatic N) is 6. The topological polar surface area (TPSA) is 69.4 Å². The van der Waals surface area contributed by atoms with Crippen molar-refractivity contribution in [2.24, 2.45) is 0 Å². The van der Waals surface area contributed by atoms with Crippen molar-refractivity contribution < 1.29 is 0 Å². The van der Waals surface area contributed by atoms with Gasteiger partial charge in [-0.15, -0.1) is 10.2 Å². The van der Waals surface area contributed by atoms with Crippen LogP contribution in [0, 0.1) is 6.92 Å². The summed E-state index contributed by atoms with van der Waals surface area (Å²) in [6, 6.07) is 15.8. The van der Waals surface area contributed by atoms with Crippen LogP contribution in [0.5, 0.6) is 0 Å². The fraction of sp³-hybridized carbons (Fsp3) is 0.105. The van der Waals surface area contributed by atoms with Crippen molar-refractivity contribution in [2.75, 3.05) is 0 Å². The first-order valence-electron chi connectivity index (χ1n) is 8.09. The molecule has 7 heteroatoms. The number of benzene rings is 2. The molecule has 0 aliphatic carbocycles. The quantitative estimate of drug-likeness (QED) is 0.552. The van der Waals surface area contributed by atoms with Gasteiger partial charge < -0.3 is 0 Å². The molecular weight excluding hydrogens is 348 g/mol. The molecule has 0 saturated heterocycles. The zero-order chi connectivity index (χ0) is 17.9. The second kappa shape index (κ2) is 7.01. The van der Waals surface area contributed by atoms with Crippen LogP contribution in [-0.2, 0) is 6.54 Å². The van der Waals surface area contributed by atoms with Gasteiger partial charge in [0.05, 0.1) is 23.3 Å². The molecule has 2 aromatic heterocycles. The predicted molar refractivity (Wildman–Crippen MR) is 99.6 cm³/mol. The van der Waals surface area contributed by atoms with Crippen molar-refractivity contribution in [3.63, 3.8) is 0 Å². The highest BCUT2D eigenvalue weighted by Crippen LogP contribution is 2.30. The Morgan fingerprint density at radius 3 is 2.31 bits per heavy atom. The minimum absolute atomic E-state index is 0.409. The molecule has 0 aliphatic rings. The summed E-state index contributed by atoms with van der Waals surface area (Å²) in [6.45, 7) is 2.47. The molecule has 0 bridgehead atoms. The molecule has 0 amide bonds. The van der Waals surface area contributed by atoms with Gasteiger partial charge in [0.25, 0.3) is 0 Å². The van der Waals surface area contributed by atoms with E-state index in [-0.39, 0.29) is 0 Å². The number of tetrazole rings is 1. The van der Waals surface area contributed by atoms with Crippen LogP contribution in [0.2, 0.25) is 5.02 Å². The van der Waals surface area contributed by atoms with Crippen LogP contribution in [0.15, 0.2) is 61.1 Å². The number of rotatable bonds is 4. The first-order chi connectivity index (χ1) is 12.7. The number of aromatic nitrogens is 6. The molecule has 0 atom stereocenters. The smallest absolute Gasteiger partial charge is 0.162 e. The Bertz CT molecular complexity index is 1010. The maximum absolute atomic E-state index is 6.02. The average Bonchev–Trinajstić information content (AvgIpc) is 3.16. The van der Waals surface area contributed by atoms with Gasteiger partial charge >= 0.3 is 0 Å². The first kappa shape index (κ1) is 16.4. The van der Waals surface area contributed by atoms with Gasteiger partial charge in [-0.25, -0.2) is 4.98 Å². The molecule has 6 nitrogen and oxygen atoms in total. The van der Waals surface area contributed by atoms with Crippen LogP contribution in [0.1, 0.15) is 11.3 Å². The molecular formula is C19H15ClN6. The van der Waals surface area contributed by atoms with Crippen LogP contribution in [0.25, 0.3) is 22.5 Å². The molecule has 0 radical (unpaired) electrons. The van der Waals surface area contributed by atoms with E-state index >= 15 is 0 Å². The molecule has 4 aromatic rings. The van der Waals surface area contributed by atoms with Gasteiger partial charge in [-0.3, -0.25) is 4.98 Å². The van der Waals surface area contributed by atoms with Crippen molar-refractivity contribution in [1.82, 2.24) is 30.2 Å². The zero-order valence-corrected chi connectivity index (χ0v) is 14.8. The number of aryl methyl sites for hydroxylation is 1. The molecule has 0 saturated carbocycles. The number of hydrogen-bond acceptors (Lipinski definition) is 5. The van der Waals surface area contributed by atoms with Gasteiger partial charge in [0.2, 0.25) is 0 Å². The fourth-order valence-corrected chi connectivity index (χ4v) is 2.77. The van der Waals surface area contributed by atoms with E-state index in [0.29, 0.717) is 11.6 Å². The van der Waals surface area contributed by atoms with Crippen LogP contribution < -0.4 is 0 Å². The average molecular weight is 363 g/mol. The molecule has 26 heavy (non-hydrogen) atoms. The standard InChI is InChI=1S/C19H15ClN6/c1-13-2-4-15(5-3-13)19-18(14-6-8-16(20)9-7-14)21-10-17(24-19)11-26-23-12-22-25-26/h2-10,12H,11H2,1H3. The molecule has 0 N–H and O–H groups in total. The summed E-state index contributed by atoms with van der Waals surface area (Å²) in [5, 5.41) is 12.3. The van der Waals surface area contributed by atoms with E-state index in [4.69, 9.17) is 16.6 Å². The van der Waals surface area contributed by atoms with E-state index in [9.17, 15) is 0 Å². The lowest BCUT2D eigenvalue weighted by atomic mass is 10.0. The third-order valence-electron chi connectivity index (χ3n) is 3.96. The predicted octanol–water partition coefficient (Wildman–Crippen LogP) is 3.81. The summed E-state index contributed by atoms with van der Waals surface area (Å²) in [6.07, 6.45) is 3.14. The minimum atomic E-state index is 0.409. The maximum atomic E-state index is 6.02. The van der Waals surface area contributed by atoms with Crippen LogP contribution in [-0.4, -0.2) is 30.2 Å². The van der Waals surface area contributed by atoms with Crippen LogP contribution in [0.4, 0.5) is 0 Å². The van der Waals surface area contributed by atoms with Crippen molar-refractivity contribution in [3.05, 3.63) is 77.3 Å². The summed E-state index contributed by atoms with van der Waals surface area (Å²) in [5.41, 5.74) is 5.53. The lowest BCUT2D eigenvalue weighted by molar-refractivity contribution is 0.563. The van der Waals surface area contributed by atoms with Gasteiger partial charge in [-0.05, 0) is 24.3 Å². The minimum Gasteiger partial charge on any atom is -0.252 e. The monoisotopic (exact) mass is 362 g/mol. The van der Waals surface area contributed by atoms with E-state index in [1.165, 1.54) is 16.7 Å². The third-order valence-corrected chi connectivity index (χ3v) is 4.21. The van der Waals surface area contributed by atoms with Gasteiger partial charge in [0.1, 0.15) is 6.54 Å². The fourth-order valence-electron chi connectivity index (χ4n) is 2.64. The molecule has 0 aliphatic heterocycles. The van der Waals surface area contributed by atoms with Crippen molar-refractivity contribution in [2.45, 2.75) is 13.5 Å². The highest BCUT2D eigenvalue weighted by atomic mass is 35.5. The van der Waals surface area contributed by atoms with Crippen LogP contribution >= 0.6 is 11.6 Å². The van der Waals surface area contributed by atoms with Gasteiger partial charge in [-0.2, -0.15) is 4.80 Å². The molecule has 0 fully saturated rings. The second-order valence-electron chi connectivity index (χ2n) is 5.90. The first-order valence-corrected chi connectivity index (χ1v) is 8.46. The van der Waals surface area contributed by atoms with E-state index < -0.39 is 0 Å². The molecule has 0 spiro atoms. The summed E-state index contributed by atoms with van der Waals surface area (Å²) in [4.78, 5) is 11.0. The molecule has 2 aromatic carbocycles.